The summed E-state index contributed by atoms with van der Waals surface area (Å²) in [5, 5.41) is 11.5. The van der Waals surface area contributed by atoms with Gasteiger partial charge in [-0.15, -0.1) is 0 Å². The van der Waals surface area contributed by atoms with Crippen LogP contribution >= 0.6 is 11.6 Å². The van der Waals surface area contributed by atoms with Crippen LogP contribution in [0.5, 0.6) is 0 Å². The van der Waals surface area contributed by atoms with Crippen LogP contribution in [-0.4, -0.2) is 45.8 Å². The Kier molecular flexibility index (Phi) is 9.10. The molecule has 0 aliphatic heterocycles. The molecule has 2 aromatic carbocycles. The number of anilines is 1. The van der Waals surface area contributed by atoms with Gasteiger partial charge in [0.15, 0.2) is 0 Å². The fourth-order valence-corrected chi connectivity index (χ4v) is 4.89. The van der Waals surface area contributed by atoms with E-state index in [2.05, 4.69) is 31.4 Å². The molecule has 4 rings (SSSR count). The molecule has 202 valence electrons. The molecule has 8 heteroatoms. The van der Waals surface area contributed by atoms with Crippen LogP contribution in [-0.2, 0) is 16.6 Å². The summed E-state index contributed by atoms with van der Waals surface area (Å²) in [7, 11) is 0. The first-order chi connectivity index (χ1) is 18.2. The van der Waals surface area contributed by atoms with Crippen molar-refractivity contribution in [2.45, 2.75) is 70.8 Å². The molecular weight excluding hydrogens is 498 g/mol. The lowest BCUT2D eigenvalue weighted by Crippen LogP contribution is -2.48. The van der Waals surface area contributed by atoms with Gasteiger partial charge in [0.2, 0.25) is 5.91 Å². The largest absolute Gasteiger partial charge is 0.335 e. The number of nitrogens with one attached hydrogen (secondary N) is 2. The van der Waals surface area contributed by atoms with Gasteiger partial charge in [-0.05, 0) is 37.0 Å². The van der Waals surface area contributed by atoms with Crippen molar-refractivity contribution in [3.63, 3.8) is 0 Å². The Hall–Kier alpha value is -3.32. The number of nitrogens with zero attached hydrogens (tertiary/aromatic N) is 3. The maximum absolute atomic E-state index is 13.4. The highest BCUT2D eigenvalue weighted by Gasteiger charge is 2.25. The van der Waals surface area contributed by atoms with E-state index in [1.165, 1.54) is 6.42 Å². The molecule has 0 radical (unpaired) electrons. The fourth-order valence-electron chi connectivity index (χ4n) is 4.67. The lowest BCUT2D eigenvalue weighted by atomic mass is 9.92. The number of para-hydroxylation sites is 1. The minimum absolute atomic E-state index is 0.0655. The molecule has 1 aliphatic rings. The smallest absolute Gasteiger partial charge is 0.318 e. The van der Waals surface area contributed by atoms with Crippen LogP contribution in [0.4, 0.5) is 10.6 Å². The second-order valence-corrected chi connectivity index (χ2v) is 11.4. The highest BCUT2D eigenvalue weighted by molar-refractivity contribution is 6.32. The fraction of sp³-hybridized carbons (Fsp3) is 0.433. The summed E-state index contributed by atoms with van der Waals surface area (Å²) in [6.45, 7) is 6.58. The van der Waals surface area contributed by atoms with Gasteiger partial charge in [-0.25, -0.2) is 9.48 Å². The van der Waals surface area contributed by atoms with Crippen LogP contribution in [0.1, 0.15) is 64.1 Å². The molecule has 1 fully saturated rings. The first-order valence-electron chi connectivity index (χ1n) is 13.5. The molecular formula is C30H38ClN5O2. The molecule has 1 aromatic heterocycles. The predicted octanol–water partition coefficient (Wildman–Crippen LogP) is 6.35. The number of urea groups is 1. The molecule has 1 saturated carbocycles. The van der Waals surface area contributed by atoms with E-state index >= 15 is 0 Å². The Bertz CT molecular complexity index is 1230. The van der Waals surface area contributed by atoms with Crippen molar-refractivity contribution in [1.29, 1.82) is 0 Å². The van der Waals surface area contributed by atoms with Crippen molar-refractivity contribution < 1.29 is 9.59 Å². The van der Waals surface area contributed by atoms with Gasteiger partial charge in [-0.1, -0.05) is 94.1 Å². The van der Waals surface area contributed by atoms with Crippen LogP contribution in [0.2, 0.25) is 5.02 Å². The monoisotopic (exact) mass is 535 g/mol. The maximum atomic E-state index is 13.4. The number of halogens is 1. The standard InChI is InChI=1S/C30H38ClN5O2/c1-30(2,3)26-20-27(36(34-26)25-17-11-10-16-24(25)31)33-28(37)21-35(19-18-22-12-6-4-7-13-22)29(38)32-23-14-8-5-9-15-23/h4,6-7,10-13,16-17,20,23H,5,8-9,14-15,18-19,21H2,1-3H3,(H,32,38)(H,33,37). The number of aromatic nitrogens is 2. The molecule has 0 atom stereocenters. The van der Waals surface area contributed by atoms with Crippen LogP contribution in [0.3, 0.4) is 0 Å². The van der Waals surface area contributed by atoms with Gasteiger partial charge >= 0.3 is 6.03 Å². The average molecular weight is 536 g/mol. The highest BCUT2D eigenvalue weighted by atomic mass is 35.5. The van der Waals surface area contributed by atoms with E-state index in [4.69, 9.17) is 16.7 Å². The molecule has 1 aliphatic carbocycles. The topological polar surface area (TPSA) is 79.3 Å². The second-order valence-electron chi connectivity index (χ2n) is 11.0. The van der Waals surface area contributed by atoms with Crippen molar-refractivity contribution >= 4 is 29.4 Å². The normalized spacial score (nSPS) is 14.2. The number of benzene rings is 2. The number of amides is 3. The van der Waals surface area contributed by atoms with Gasteiger partial charge in [0.1, 0.15) is 12.4 Å². The minimum atomic E-state index is -0.287. The van der Waals surface area contributed by atoms with Gasteiger partial charge < -0.3 is 15.5 Å². The number of carbonyl (C=O) groups excluding carboxylic acids is 2. The summed E-state index contributed by atoms with van der Waals surface area (Å²) < 4.78 is 1.66. The van der Waals surface area contributed by atoms with Crippen LogP contribution < -0.4 is 10.6 Å². The molecule has 1 heterocycles. The van der Waals surface area contributed by atoms with E-state index in [0.717, 1.165) is 36.9 Å². The lowest BCUT2D eigenvalue weighted by Gasteiger charge is -2.28. The molecule has 3 aromatic rings. The van der Waals surface area contributed by atoms with Crippen LogP contribution in [0, 0.1) is 0 Å². The summed E-state index contributed by atoms with van der Waals surface area (Å²) in [4.78, 5) is 28.2. The number of carbonyl (C=O) groups is 2. The number of hydrogen-bond donors (Lipinski definition) is 2. The van der Waals surface area contributed by atoms with Gasteiger partial charge in [0.05, 0.1) is 16.4 Å². The van der Waals surface area contributed by atoms with Gasteiger partial charge in [-0.2, -0.15) is 5.10 Å². The van der Waals surface area contributed by atoms with E-state index in [0.29, 0.717) is 29.5 Å². The van der Waals surface area contributed by atoms with E-state index in [9.17, 15) is 9.59 Å². The third kappa shape index (κ3) is 7.38. The van der Waals surface area contributed by atoms with E-state index in [-0.39, 0.29) is 29.9 Å². The zero-order chi connectivity index (χ0) is 27.1. The molecule has 38 heavy (non-hydrogen) atoms. The van der Waals surface area contributed by atoms with Crippen molar-refractivity contribution in [2.24, 2.45) is 0 Å². The Morgan fingerprint density at radius 3 is 2.39 bits per heavy atom. The van der Waals surface area contributed by atoms with Crippen LogP contribution in [0.25, 0.3) is 5.69 Å². The van der Waals surface area contributed by atoms with E-state index in [1.54, 1.807) is 15.6 Å². The summed E-state index contributed by atoms with van der Waals surface area (Å²) >= 11 is 6.47. The highest BCUT2D eigenvalue weighted by Crippen LogP contribution is 2.29. The van der Waals surface area contributed by atoms with Gasteiger partial charge in [0.25, 0.3) is 0 Å². The number of hydrogen-bond acceptors (Lipinski definition) is 3. The Balaban J connectivity index is 1.52. The second kappa shape index (κ2) is 12.5. The summed E-state index contributed by atoms with van der Waals surface area (Å²) in [5.74, 6) is 0.231. The molecule has 0 bridgehead atoms. The summed E-state index contributed by atoms with van der Waals surface area (Å²) in [5.41, 5.74) is 2.39. The Labute approximate surface area is 230 Å². The Morgan fingerprint density at radius 1 is 1.03 bits per heavy atom. The van der Waals surface area contributed by atoms with Crippen molar-refractivity contribution in [3.05, 3.63) is 76.9 Å². The SMILES string of the molecule is CC(C)(C)c1cc(NC(=O)CN(CCc2ccccc2)C(=O)NC2CCCCC2)n(-c2ccccc2Cl)n1. The molecule has 0 spiro atoms. The number of rotatable bonds is 8. The van der Waals surface area contributed by atoms with Crippen molar-refractivity contribution in [3.8, 4) is 5.69 Å². The van der Waals surface area contributed by atoms with Gasteiger partial charge in [0, 0.05) is 24.1 Å². The molecule has 2 N–H and O–H groups in total. The average Bonchev–Trinajstić information content (AvgIpc) is 3.32. The lowest BCUT2D eigenvalue weighted by molar-refractivity contribution is -0.116. The maximum Gasteiger partial charge on any atom is 0.318 e. The van der Waals surface area contributed by atoms with E-state index in [1.807, 2.05) is 54.6 Å². The molecule has 0 saturated heterocycles. The third-order valence-corrected chi connectivity index (χ3v) is 7.21. The van der Waals surface area contributed by atoms with Crippen molar-refractivity contribution in [2.75, 3.05) is 18.4 Å². The van der Waals surface area contributed by atoms with E-state index < -0.39 is 0 Å². The molecule has 7 nitrogen and oxygen atoms in total. The zero-order valence-electron chi connectivity index (χ0n) is 22.5. The van der Waals surface area contributed by atoms with Crippen LogP contribution in [0.15, 0.2) is 60.7 Å². The predicted molar refractivity (Wildman–Crippen MR) is 153 cm³/mol. The summed E-state index contributed by atoms with van der Waals surface area (Å²) in [6, 6.07) is 19.2. The Morgan fingerprint density at radius 2 is 1.71 bits per heavy atom. The minimum Gasteiger partial charge on any atom is -0.335 e. The first kappa shape index (κ1) is 27.7. The molecule has 3 amide bonds. The first-order valence-corrected chi connectivity index (χ1v) is 13.8. The summed E-state index contributed by atoms with van der Waals surface area (Å²) in [6.07, 6.45) is 6.09. The van der Waals surface area contributed by atoms with Gasteiger partial charge in [-0.3, -0.25) is 4.79 Å². The third-order valence-electron chi connectivity index (χ3n) is 6.89. The quantitative estimate of drug-likeness (QED) is 0.353. The molecule has 0 unspecified atom stereocenters. The zero-order valence-corrected chi connectivity index (χ0v) is 23.3. The van der Waals surface area contributed by atoms with Crippen molar-refractivity contribution in [1.82, 2.24) is 20.0 Å².